The Morgan fingerprint density at radius 1 is 0.382 bits per heavy atom. The Kier molecular flexibility index (Phi) is 6.65. The van der Waals surface area contributed by atoms with E-state index in [1.54, 1.807) is 11.1 Å². The maximum Gasteiger partial charge on any atom is 0.0494 e. The zero-order valence-electron chi connectivity index (χ0n) is 30.5. The molecule has 8 aromatic carbocycles. The van der Waals surface area contributed by atoms with Gasteiger partial charge in [0.1, 0.15) is 0 Å². The zero-order chi connectivity index (χ0) is 36.0. The summed E-state index contributed by atoms with van der Waals surface area (Å²) in [7, 11) is 0. The van der Waals surface area contributed by atoms with Crippen LogP contribution in [0.2, 0.25) is 0 Å². The highest BCUT2D eigenvalue weighted by molar-refractivity contribution is 6.28. The van der Waals surface area contributed by atoms with Gasteiger partial charge < -0.3 is 4.57 Å². The first-order valence-electron chi connectivity index (χ1n) is 19.7. The molecule has 12 rings (SSSR count). The Hall–Kier alpha value is -6.70. The molecule has 0 bridgehead atoms. The molecular weight excluding hydrogens is 663 g/mol. The number of nitrogens with zero attached hydrogens (tertiary/aromatic N) is 1. The van der Waals surface area contributed by atoms with Crippen molar-refractivity contribution in [1.29, 1.82) is 0 Å². The van der Waals surface area contributed by atoms with Gasteiger partial charge in [0.25, 0.3) is 0 Å². The fourth-order valence-electron chi connectivity index (χ4n) is 10.1. The number of allylic oxidation sites excluding steroid dienone is 2. The second kappa shape index (κ2) is 11.9. The van der Waals surface area contributed by atoms with E-state index in [-0.39, 0.29) is 0 Å². The Morgan fingerprint density at radius 2 is 0.927 bits per heavy atom. The fraction of sp³-hybridized carbons (Fsp3) is 0.0741. The van der Waals surface area contributed by atoms with Crippen LogP contribution in [0.5, 0.6) is 0 Å². The molecule has 258 valence electrons. The van der Waals surface area contributed by atoms with E-state index in [1.807, 2.05) is 0 Å². The third-order valence-corrected chi connectivity index (χ3v) is 12.5. The van der Waals surface area contributed by atoms with Crippen LogP contribution in [-0.4, -0.2) is 4.57 Å². The second-order valence-electron chi connectivity index (χ2n) is 15.4. The zero-order valence-corrected chi connectivity index (χ0v) is 30.5. The highest BCUT2D eigenvalue weighted by Crippen LogP contribution is 2.58. The van der Waals surface area contributed by atoms with Crippen LogP contribution in [0.3, 0.4) is 0 Å². The summed E-state index contributed by atoms with van der Waals surface area (Å²) in [5.41, 5.74) is 20.0. The summed E-state index contributed by atoms with van der Waals surface area (Å²) in [4.78, 5) is 0. The third-order valence-electron chi connectivity index (χ3n) is 12.5. The summed E-state index contributed by atoms with van der Waals surface area (Å²) in [6, 6.07) is 56.8. The van der Waals surface area contributed by atoms with Crippen LogP contribution in [0.25, 0.3) is 106 Å². The van der Waals surface area contributed by atoms with Gasteiger partial charge in [0, 0.05) is 17.1 Å². The summed E-state index contributed by atoms with van der Waals surface area (Å²) >= 11 is 0. The predicted molar refractivity (Wildman–Crippen MR) is 234 cm³/mol. The Bertz CT molecular complexity index is 2990. The lowest BCUT2D eigenvalue weighted by Gasteiger charge is -2.20. The van der Waals surface area contributed by atoms with Crippen LogP contribution in [0.4, 0.5) is 0 Å². The van der Waals surface area contributed by atoms with Crippen molar-refractivity contribution in [1.82, 2.24) is 4.57 Å². The largest absolute Gasteiger partial charge is 0.310 e. The highest BCUT2D eigenvalue weighted by atomic mass is 15.0. The fourth-order valence-corrected chi connectivity index (χ4v) is 10.1. The molecule has 9 aromatic rings. The number of hydrogen-bond donors (Lipinski definition) is 0. The number of aromatic nitrogens is 1. The van der Waals surface area contributed by atoms with E-state index in [9.17, 15) is 0 Å². The van der Waals surface area contributed by atoms with Crippen LogP contribution >= 0.6 is 0 Å². The van der Waals surface area contributed by atoms with Gasteiger partial charge >= 0.3 is 0 Å². The van der Waals surface area contributed by atoms with Crippen molar-refractivity contribution >= 4 is 44.5 Å². The van der Waals surface area contributed by atoms with Gasteiger partial charge in [-0.25, -0.2) is 0 Å². The first-order chi connectivity index (χ1) is 27.3. The first kappa shape index (κ1) is 30.7. The quantitative estimate of drug-likeness (QED) is 0.172. The van der Waals surface area contributed by atoms with E-state index in [0.29, 0.717) is 0 Å². The average Bonchev–Trinajstić information content (AvgIpc) is 3.77. The van der Waals surface area contributed by atoms with Crippen molar-refractivity contribution in [3.63, 3.8) is 0 Å². The van der Waals surface area contributed by atoms with E-state index in [0.717, 1.165) is 25.7 Å². The van der Waals surface area contributed by atoms with E-state index in [2.05, 4.69) is 181 Å². The van der Waals surface area contributed by atoms with Gasteiger partial charge in [-0.3, -0.25) is 0 Å². The lowest BCUT2D eigenvalue weighted by molar-refractivity contribution is 0.922. The van der Waals surface area contributed by atoms with Gasteiger partial charge in [-0.15, -0.1) is 0 Å². The van der Waals surface area contributed by atoms with Crippen LogP contribution < -0.4 is 0 Å². The summed E-state index contributed by atoms with van der Waals surface area (Å²) in [5, 5.41) is 7.75. The molecule has 1 nitrogen and oxygen atoms in total. The summed E-state index contributed by atoms with van der Waals surface area (Å²) < 4.78 is 2.50. The van der Waals surface area contributed by atoms with Crippen molar-refractivity contribution in [2.24, 2.45) is 0 Å². The molecule has 0 atom stereocenters. The third kappa shape index (κ3) is 4.47. The number of rotatable bonds is 4. The van der Waals surface area contributed by atoms with E-state index in [4.69, 9.17) is 0 Å². The molecule has 0 saturated carbocycles. The van der Waals surface area contributed by atoms with Crippen molar-refractivity contribution < 1.29 is 0 Å². The molecule has 1 heterocycles. The highest BCUT2D eigenvalue weighted by Gasteiger charge is 2.31. The Morgan fingerprint density at radius 3 is 1.58 bits per heavy atom. The van der Waals surface area contributed by atoms with Crippen LogP contribution in [0.15, 0.2) is 164 Å². The molecule has 1 aromatic heterocycles. The second-order valence-corrected chi connectivity index (χ2v) is 15.4. The Balaban J connectivity index is 1.06. The van der Waals surface area contributed by atoms with E-state index < -0.39 is 0 Å². The maximum absolute atomic E-state index is 2.50. The molecule has 0 fully saturated rings. The predicted octanol–water partition coefficient (Wildman–Crippen LogP) is 14.5. The molecule has 0 spiro atoms. The number of hydrogen-bond acceptors (Lipinski definition) is 0. The van der Waals surface area contributed by atoms with Crippen molar-refractivity contribution in [2.45, 2.75) is 25.7 Å². The van der Waals surface area contributed by atoms with Crippen LogP contribution in [0, 0.1) is 0 Å². The maximum atomic E-state index is 2.50. The molecular formula is C54H37N. The summed E-state index contributed by atoms with van der Waals surface area (Å²) in [6.45, 7) is 0. The molecule has 0 N–H and O–H groups in total. The number of benzene rings is 8. The average molecular weight is 700 g/mol. The van der Waals surface area contributed by atoms with Crippen LogP contribution in [0.1, 0.15) is 35.4 Å². The van der Waals surface area contributed by atoms with Gasteiger partial charge in [0.15, 0.2) is 0 Å². The van der Waals surface area contributed by atoms with Crippen molar-refractivity contribution in [2.75, 3.05) is 0 Å². The van der Waals surface area contributed by atoms with Gasteiger partial charge in [-0.05, 0) is 155 Å². The normalized spacial score (nSPS) is 13.7. The number of fused-ring (bicyclic) bond motifs is 8. The van der Waals surface area contributed by atoms with E-state index in [1.165, 1.54) is 105 Å². The van der Waals surface area contributed by atoms with Gasteiger partial charge in [-0.1, -0.05) is 146 Å². The molecule has 1 heteroatoms. The standard InChI is InChI=1S/C54H37N/c1-3-14-34(15-4-1)50-44-20-7-8-21-45(44)51(35-16-5-2-6-17-35)54-47-31-30-40(43-22-13-23-46(52(43)47)53(50)54)38-27-26-37-33-39(29-28-36(37)32-38)55-48-24-11-9-18-41(48)42-19-10-12-25-49(42)55/h1-8,11-17,20-33H,9-10,18-19H2. The topological polar surface area (TPSA) is 4.93 Å². The molecule has 0 amide bonds. The molecule has 55 heavy (non-hydrogen) atoms. The minimum atomic E-state index is 1.13. The monoisotopic (exact) mass is 699 g/mol. The van der Waals surface area contributed by atoms with E-state index >= 15 is 0 Å². The molecule has 0 aliphatic heterocycles. The van der Waals surface area contributed by atoms with Gasteiger partial charge in [0.2, 0.25) is 0 Å². The smallest absolute Gasteiger partial charge is 0.0494 e. The van der Waals surface area contributed by atoms with Gasteiger partial charge in [0.05, 0.1) is 0 Å². The summed E-state index contributed by atoms with van der Waals surface area (Å²) in [5.74, 6) is 0. The first-order valence-corrected chi connectivity index (χ1v) is 19.7. The summed E-state index contributed by atoms with van der Waals surface area (Å²) in [6.07, 6.45) is 13.9. The van der Waals surface area contributed by atoms with Gasteiger partial charge in [-0.2, -0.15) is 0 Å². The van der Waals surface area contributed by atoms with Crippen LogP contribution in [-0.2, 0) is 12.8 Å². The molecule has 0 radical (unpaired) electrons. The lowest BCUT2D eigenvalue weighted by Crippen LogP contribution is -2.02. The Labute approximate surface area is 321 Å². The van der Waals surface area contributed by atoms with Crippen molar-refractivity contribution in [3.8, 4) is 61.3 Å². The minimum absolute atomic E-state index is 1.13. The molecule has 0 unspecified atom stereocenters. The minimum Gasteiger partial charge on any atom is -0.310 e. The molecule has 0 saturated heterocycles. The molecule has 3 aliphatic carbocycles. The molecule has 3 aliphatic rings. The lowest BCUT2D eigenvalue weighted by atomic mass is 9.82. The SMILES string of the molecule is C1=Cc2c(c3c(n2-c2ccc4cc(-c5ccc6c7c(cccc57)-c5c-6c(-c6ccccc6)c6ccccc6c5-c5ccccc5)ccc4c2)C=CCC3)CC1. The van der Waals surface area contributed by atoms with Crippen molar-refractivity contribution in [3.05, 3.63) is 186 Å².